The van der Waals surface area contributed by atoms with E-state index < -0.39 is 0 Å². The van der Waals surface area contributed by atoms with Crippen LogP contribution in [0.25, 0.3) is 32.3 Å². The summed E-state index contributed by atoms with van der Waals surface area (Å²) in [4.78, 5) is 4.37. The van der Waals surface area contributed by atoms with Gasteiger partial charge in [-0.1, -0.05) is 84.9 Å². The maximum atomic E-state index is 4.37. The Morgan fingerprint density at radius 3 is 2.33 bits per heavy atom. The van der Waals surface area contributed by atoms with Crippen molar-refractivity contribution in [3.63, 3.8) is 0 Å². The molecule has 0 amide bonds. The lowest BCUT2D eigenvalue weighted by Crippen LogP contribution is -2.18. The van der Waals surface area contributed by atoms with Gasteiger partial charge >= 0.3 is 0 Å². The number of benzene rings is 5. The first-order valence-corrected chi connectivity index (χ1v) is 12.9. The first kappa shape index (κ1) is 21.1. The van der Waals surface area contributed by atoms with Gasteiger partial charge < -0.3 is 5.32 Å². The summed E-state index contributed by atoms with van der Waals surface area (Å²) in [7, 11) is 0. The summed E-state index contributed by atoms with van der Waals surface area (Å²) in [6.07, 6.45) is 8.17. The molecule has 5 aromatic carbocycles. The largest absolute Gasteiger partial charge is 0.378 e. The number of anilines is 1. The van der Waals surface area contributed by atoms with Crippen LogP contribution in [0.5, 0.6) is 0 Å². The van der Waals surface area contributed by atoms with Crippen LogP contribution in [-0.2, 0) is 12.8 Å². The maximum absolute atomic E-state index is 4.37. The fraction of sp³-hybridized carbons (Fsp3) is 0.147. The topological polar surface area (TPSA) is 24.9 Å². The summed E-state index contributed by atoms with van der Waals surface area (Å²) in [6.45, 7) is 0. The summed E-state index contributed by atoms with van der Waals surface area (Å²) in [5.74, 6) is 0. The molecule has 1 aromatic heterocycles. The Labute approximate surface area is 211 Å². The van der Waals surface area contributed by atoms with Crippen molar-refractivity contribution >= 4 is 38.0 Å². The minimum atomic E-state index is 0.304. The molecule has 1 aliphatic rings. The number of pyridine rings is 1. The molecule has 0 spiro atoms. The number of nitrogens with zero attached hydrogens (tertiary/aromatic N) is 1. The average Bonchev–Trinajstić information content (AvgIpc) is 2.94. The summed E-state index contributed by atoms with van der Waals surface area (Å²) < 4.78 is 0. The third-order valence-corrected chi connectivity index (χ3v) is 7.84. The van der Waals surface area contributed by atoms with Crippen LogP contribution in [-0.4, -0.2) is 4.98 Å². The molecule has 1 N–H and O–H groups in total. The van der Waals surface area contributed by atoms with Crippen LogP contribution >= 0.6 is 0 Å². The quantitative estimate of drug-likeness (QED) is 0.264. The molecule has 0 fully saturated rings. The molecule has 1 aliphatic carbocycles. The summed E-state index contributed by atoms with van der Waals surface area (Å²) >= 11 is 0. The van der Waals surface area contributed by atoms with Gasteiger partial charge in [-0.25, -0.2) is 0 Å². The first-order valence-electron chi connectivity index (χ1n) is 12.9. The van der Waals surface area contributed by atoms with E-state index in [1.54, 1.807) is 0 Å². The van der Waals surface area contributed by atoms with E-state index in [-0.39, 0.29) is 0 Å². The maximum Gasteiger partial charge on any atom is 0.0517 e. The SMILES string of the molecule is c1cncc(Cc2c(NC3CCCc4c3ccc3c4ccc4ccccc43)ccc3ccccc23)c1. The first-order chi connectivity index (χ1) is 17.8. The molecule has 0 saturated carbocycles. The van der Waals surface area contributed by atoms with Crippen molar-refractivity contribution in [2.75, 3.05) is 5.32 Å². The smallest absolute Gasteiger partial charge is 0.0517 e. The molecule has 0 radical (unpaired) electrons. The number of aryl methyl sites for hydroxylation is 1. The standard InChI is InChI=1S/C34H28N2/c1-3-10-26-24(8-1)14-16-30-28-12-5-13-33(31(28)18-17-29(26)30)36-34-19-15-25-9-2-4-11-27(25)32(34)21-23-7-6-20-35-22-23/h1-4,6-11,14-20,22,33,36H,5,12-13,21H2. The van der Waals surface area contributed by atoms with Crippen LogP contribution in [0.4, 0.5) is 5.69 Å². The van der Waals surface area contributed by atoms with E-state index in [1.807, 2.05) is 18.5 Å². The van der Waals surface area contributed by atoms with Gasteiger partial charge in [0, 0.05) is 24.5 Å². The molecule has 2 nitrogen and oxygen atoms in total. The molecular formula is C34H28N2. The third-order valence-electron chi connectivity index (χ3n) is 7.84. The second-order valence-corrected chi connectivity index (χ2v) is 9.96. The van der Waals surface area contributed by atoms with Gasteiger partial charge in [0.1, 0.15) is 0 Å². The zero-order valence-corrected chi connectivity index (χ0v) is 20.2. The lowest BCUT2D eigenvalue weighted by Gasteiger charge is -2.30. The zero-order chi connectivity index (χ0) is 23.9. The van der Waals surface area contributed by atoms with E-state index in [0.29, 0.717) is 6.04 Å². The second-order valence-electron chi connectivity index (χ2n) is 9.96. The predicted molar refractivity (Wildman–Crippen MR) is 152 cm³/mol. The molecule has 0 aliphatic heterocycles. The van der Waals surface area contributed by atoms with Crippen molar-refractivity contribution in [3.05, 3.63) is 132 Å². The van der Waals surface area contributed by atoms with Crippen molar-refractivity contribution in [1.82, 2.24) is 4.98 Å². The number of rotatable bonds is 4. The van der Waals surface area contributed by atoms with Gasteiger partial charge in [-0.05, 0) is 86.0 Å². The zero-order valence-electron chi connectivity index (χ0n) is 20.2. The van der Waals surface area contributed by atoms with Gasteiger partial charge in [0.2, 0.25) is 0 Å². The lowest BCUT2D eigenvalue weighted by molar-refractivity contribution is 0.603. The van der Waals surface area contributed by atoms with Crippen molar-refractivity contribution in [2.45, 2.75) is 31.7 Å². The Hall–Kier alpha value is -4.17. The van der Waals surface area contributed by atoms with Crippen LogP contribution in [0.1, 0.15) is 41.1 Å². The average molecular weight is 465 g/mol. The Balaban J connectivity index is 1.32. The molecule has 1 unspecified atom stereocenters. The van der Waals surface area contributed by atoms with Crippen molar-refractivity contribution in [1.29, 1.82) is 0 Å². The van der Waals surface area contributed by atoms with E-state index in [1.165, 1.54) is 66.7 Å². The van der Waals surface area contributed by atoms with Crippen molar-refractivity contribution in [3.8, 4) is 0 Å². The van der Waals surface area contributed by atoms with Crippen molar-refractivity contribution in [2.24, 2.45) is 0 Å². The van der Waals surface area contributed by atoms with Gasteiger partial charge in [0.25, 0.3) is 0 Å². The minimum Gasteiger partial charge on any atom is -0.378 e. The van der Waals surface area contributed by atoms with Gasteiger partial charge in [-0.2, -0.15) is 0 Å². The molecule has 1 atom stereocenters. The Morgan fingerprint density at radius 2 is 1.47 bits per heavy atom. The normalized spacial score (nSPS) is 15.3. The number of aromatic nitrogens is 1. The fourth-order valence-corrected chi connectivity index (χ4v) is 6.12. The van der Waals surface area contributed by atoms with Gasteiger partial charge in [-0.15, -0.1) is 0 Å². The number of hydrogen-bond acceptors (Lipinski definition) is 2. The number of hydrogen-bond donors (Lipinski definition) is 1. The number of fused-ring (bicyclic) bond motifs is 6. The van der Waals surface area contributed by atoms with Gasteiger partial charge in [0.15, 0.2) is 0 Å². The van der Waals surface area contributed by atoms with Crippen LogP contribution in [0.15, 0.2) is 109 Å². The van der Waals surface area contributed by atoms with Crippen LogP contribution < -0.4 is 5.32 Å². The minimum absolute atomic E-state index is 0.304. The molecule has 174 valence electrons. The second kappa shape index (κ2) is 8.80. The van der Waals surface area contributed by atoms with E-state index in [2.05, 4.69) is 101 Å². The monoisotopic (exact) mass is 464 g/mol. The Morgan fingerprint density at radius 1 is 0.694 bits per heavy atom. The third kappa shape index (κ3) is 3.61. The predicted octanol–water partition coefficient (Wildman–Crippen LogP) is 8.62. The molecule has 0 bridgehead atoms. The van der Waals surface area contributed by atoms with E-state index in [4.69, 9.17) is 0 Å². The highest BCUT2D eigenvalue weighted by Gasteiger charge is 2.23. The fourth-order valence-electron chi connectivity index (χ4n) is 6.12. The molecule has 2 heteroatoms. The van der Waals surface area contributed by atoms with E-state index in [0.717, 1.165) is 19.3 Å². The molecular weight excluding hydrogens is 436 g/mol. The van der Waals surface area contributed by atoms with Crippen LogP contribution in [0.3, 0.4) is 0 Å². The highest BCUT2D eigenvalue weighted by Crippen LogP contribution is 2.40. The Kier molecular flexibility index (Phi) is 5.17. The van der Waals surface area contributed by atoms with Crippen LogP contribution in [0.2, 0.25) is 0 Å². The van der Waals surface area contributed by atoms with Gasteiger partial charge in [0.05, 0.1) is 6.04 Å². The van der Waals surface area contributed by atoms with Gasteiger partial charge in [-0.3, -0.25) is 4.98 Å². The summed E-state index contributed by atoms with van der Waals surface area (Å²) in [6, 6.07) is 35.8. The molecule has 36 heavy (non-hydrogen) atoms. The molecule has 7 rings (SSSR count). The molecule has 6 aromatic rings. The highest BCUT2D eigenvalue weighted by atomic mass is 14.9. The van der Waals surface area contributed by atoms with E-state index in [9.17, 15) is 0 Å². The Bertz CT molecular complexity index is 1720. The van der Waals surface area contributed by atoms with E-state index >= 15 is 0 Å². The van der Waals surface area contributed by atoms with Crippen molar-refractivity contribution < 1.29 is 0 Å². The van der Waals surface area contributed by atoms with Crippen LogP contribution in [0, 0.1) is 0 Å². The molecule has 1 heterocycles. The molecule has 0 saturated heterocycles. The summed E-state index contributed by atoms with van der Waals surface area (Å²) in [5.41, 5.74) is 6.77. The lowest BCUT2D eigenvalue weighted by atomic mass is 9.83. The highest BCUT2D eigenvalue weighted by molar-refractivity contribution is 6.08. The number of nitrogens with one attached hydrogen (secondary N) is 1. The summed E-state index contributed by atoms with van der Waals surface area (Å²) in [5, 5.41) is 12.0.